The smallest absolute Gasteiger partial charge is 0.279 e. The van der Waals surface area contributed by atoms with Gasteiger partial charge in [0.15, 0.2) is 5.69 Å². The first-order valence-corrected chi connectivity index (χ1v) is 5.98. The van der Waals surface area contributed by atoms with Crippen LogP contribution in [-0.2, 0) is 0 Å². The number of hydrogen-bond donors (Lipinski definition) is 3. The fourth-order valence-electron chi connectivity index (χ4n) is 1.56. The van der Waals surface area contributed by atoms with E-state index in [1.165, 1.54) is 0 Å². The number of aliphatic hydroxyl groups excluding tert-OH is 1. The molecule has 3 N–H and O–H groups in total. The van der Waals surface area contributed by atoms with Crippen LogP contribution in [0.3, 0.4) is 0 Å². The third-order valence-corrected chi connectivity index (χ3v) is 2.86. The van der Waals surface area contributed by atoms with Crippen molar-refractivity contribution in [3.63, 3.8) is 0 Å². The number of hydrogen-bond acceptors (Lipinski definition) is 4. The van der Waals surface area contributed by atoms with Crippen molar-refractivity contribution < 1.29 is 9.90 Å². The van der Waals surface area contributed by atoms with E-state index < -0.39 is 11.5 Å². The van der Waals surface area contributed by atoms with Crippen molar-refractivity contribution in [2.75, 3.05) is 6.61 Å². The van der Waals surface area contributed by atoms with Crippen molar-refractivity contribution in [1.82, 2.24) is 15.3 Å². The summed E-state index contributed by atoms with van der Waals surface area (Å²) in [5.74, 6) is -0.500. The first-order valence-electron chi connectivity index (χ1n) is 5.98. The highest BCUT2D eigenvalue weighted by Gasteiger charge is 2.17. The molecular formula is C12H19N3O3. The maximum Gasteiger partial charge on any atom is 0.279 e. The topological polar surface area (TPSA) is 95.1 Å². The normalized spacial score (nSPS) is 12.2. The van der Waals surface area contributed by atoms with E-state index in [-0.39, 0.29) is 18.3 Å². The summed E-state index contributed by atoms with van der Waals surface area (Å²) in [4.78, 5) is 30.1. The second kappa shape index (κ2) is 6.30. The Hall–Kier alpha value is -1.69. The van der Waals surface area contributed by atoms with Gasteiger partial charge in [-0.2, -0.15) is 0 Å². The molecule has 0 spiro atoms. The molecule has 0 bridgehead atoms. The summed E-state index contributed by atoms with van der Waals surface area (Å²) in [6.45, 7) is 5.35. The molecule has 0 aliphatic rings. The first kappa shape index (κ1) is 14.4. The van der Waals surface area contributed by atoms with Gasteiger partial charge >= 0.3 is 0 Å². The van der Waals surface area contributed by atoms with Gasteiger partial charge in [-0.15, -0.1) is 0 Å². The van der Waals surface area contributed by atoms with Crippen molar-refractivity contribution in [1.29, 1.82) is 0 Å². The predicted molar refractivity (Wildman–Crippen MR) is 67.6 cm³/mol. The number of nitrogens with zero attached hydrogens (tertiary/aromatic N) is 1. The molecule has 1 amide bonds. The quantitative estimate of drug-likeness (QED) is 0.702. The summed E-state index contributed by atoms with van der Waals surface area (Å²) in [6, 6.07) is -0.148. The van der Waals surface area contributed by atoms with Gasteiger partial charge < -0.3 is 15.4 Å². The second-order valence-corrected chi connectivity index (χ2v) is 4.22. The molecule has 0 fully saturated rings. The molecule has 1 atom stereocenters. The summed E-state index contributed by atoms with van der Waals surface area (Å²) in [5, 5.41) is 11.5. The molecule has 1 rings (SSSR count). The first-order chi connectivity index (χ1) is 8.49. The van der Waals surface area contributed by atoms with Gasteiger partial charge in [-0.25, -0.2) is 4.98 Å². The molecule has 18 heavy (non-hydrogen) atoms. The Morgan fingerprint density at radius 2 is 2.17 bits per heavy atom. The molecule has 1 aromatic rings. The van der Waals surface area contributed by atoms with E-state index in [4.69, 9.17) is 5.11 Å². The zero-order chi connectivity index (χ0) is 13.7. The molecule has 0 saturated heterocycles. The average Bonchev–Trinajstić information content (AvgIpc) is 2.33. The molecule has 6 heteroatoms. The maximum absolute atomic E-state index is 11.9. The fourth-order valence-corrected chi connectivity index (χ4v) is 1.56. The molecule has 0 radical (unpaired) electrons. The predicted octanol–water partition coefficient (Wildman–Crippen LogP) is 0.278. The Labute approximate surface area is 105 Å². The molecule has 0 saturated carbocycles. The number of aliphatic hydroxyl groups is 1. The molecule has 0 aliphatic carbocycles. The van der Waals surface area contributed by atoms with Crippen LogP contribution in [0.5, 0.6) is 0 Å². The van der Waals surface area contributed by atoms with Crippen LogP contribution >= 0.6 is 0 Å². The number of aryl methyl sites for hydroxylation is 2. The molecule has 100 valence electrons. The Balaban J connectivity index is 2.90. The van der Waals surface area contributed by atoms with Gasteiger partial charge in [0.2, 0.25) is 0 Å². The zero-order valence-electron chi connectivity index (χ0n) is 10.9. The van der Waals surface area contributed by atoms with Crippen LogP contribution in [0.2, 0.25) is 0 Å². The number of H-pyrrole nitrogens is 1. The molecule has 0 aliphatic heterocycles. The van der Waals surface area contributed by atoms with Crippen LogP contribution < -0.4 is 10.9 Å². The summed E-state index contributed by atoms with van der Waals surface area (Å²) >= 11 is 0. The molecule has 1 unspecified atom stereocenters. The number of rotatable bonds is 5. The highest BCUT2D eigenvalue weighted by atomic mass is 16.3. The Bertz CT molecular complexity index is 482. The molecule has 0 aromatic carbocycles. The molecule has 1 aromatic heterocycles. The third kappa shape index (κ3) is 3.40. The lowest BCUT2D eigenvalue weighted by atomic mass is 10.1. The summed E-state index contributed by atoms with van der Waals surface area (Å²) in [7, 11) is 0. The van der Waals surface area contributed by atoms with Crippen LogP contribution in [0, 0.1) is 13.8 Å². The Kier molecular flexibility index (Phi) is 5.03. The van der Waals surface area contributed by atoms with Crippen LogP contribution in [0.25, 0.3) is 0 Å². The van der Waals surface area contributed by atoms with Gasteiger partial charge in [0.05, 0.1) is 5.69 Å². The number of carbonyl (C=O) groups is 1. The zero-order valence-corrected chi connectivity index (χ0v) is 10.9. The minimum Gasteiger partial charge on any atom is -0.396 e. The van der Waals surface area contributed by atoms with E-state index in [1.807, 2.05) is 6.92 Å². The van der Waals surface area contributed by atoms with Crippen LogP contribution in [0.15, 0.2) is 4.79 Å². The minimum atomic E-state index is -0.500. The Morgan fingerprint density at radius 3 is 2.72 bits per heavy atom. The van der Waals surface area contributed by atoms with Crippen molar-refractivity contribution in [2.24, 2.45) is 0 Å². The standard InChI is InChI=1S/C12H19N3O3/c1-4-9(5-6-16)15-12(18)10-11(17)14-8(3)7(2)13-10/h9,16H,4-6H2,1-3H3,(H,14,17)(H,15,18). The minimum absolute atomic E-state index is 0.00447. The molecule has 1 heterocycles. The van der Waals surface area contributed by atoms with E-state index in [0.717, 1.165) is 0 Å². The van der Waals surface area contributed by atoms with E-state index >= 15 is 0 Å². The molecular weight excluding hydrogens is 234 g/mol. The number of aromatic nitrogens is 2. The van der Waals surface area contributed by atoms with Crippen molar-refractivity contribution in [3.05, 3.63) is 27.4 Å². The van der Waals surface area contributed by atoms with Crippen molar-refractivity contribution in [2.45, 2.75) is 39.7 Å². The van der Waals surface area contributed by atoms with Gasteiger partial charge in [-0.3, -0.25) is 9.59 Å². The van der Waals surface area contributed by atoms with Crippen LogP contribution in [0.1, 0.15) is 41.6 Å². The van der Waals surface area contributed by atoms with Gasteiger partial charge in [0, 0.05) is 18.3 Å². The summed E-state index contributed by atoms with van der Waals surface area (Å²) in [6.07, 6.45) is 1.15. The highest BCUT2D eigenvalue weighted by molar-refractivity contribution is 5.92. The monoisotopic (exact) mass is 253 g/mol. The largest absolute Gasteiger partial charge is 0.396 e. The van der Waals surface area contributed by atoms with Crippen molar-refractivity contribution >= 4 is 5.91 Å². The maximum atomic E-state index is 11.9. The van der Waals surface area contributed by atoms with Gasteiger partial charge in [0.25, 0.3) is 11.5 Å². The number of carbonyl (C=O) groups excluding carboxylic acids is 1. The lowest BCUT2D eigenvalue weighted by molar-refractivity contribution is 0.0922. The van der Waals surface area contributed by atoms with Crippen LogP contribution in [-0.4, -0.2) is 33.6 Å². The van der Waals surface area contributed by atoms with Gasteiger partial charge in [-0.05, 0) is 26.7 Å². The fraction of sp³-hybridized carbons (Fsp3) is 0.583. The summed E-state index contributed by atoms with van der Waals surface area (Å²) < 4.78 is 0. The van der Waals surface area contributed by atoms with Gasteiger partial charge in [-0.1, -0.05) is 6.92 Å². The summed E-state index contributed by atoms with van der Waals surface area (Å²) in [5.41, 5.74) is 0.651. The Morgan fingerprint density at radius 1 is 1.50 bits per heavy atom. The number of amides is 1. The molecule has 6 nitrogen and oxygen atoms in total. The average molecular weight is 253 g/mol. The van der Waals surface area contributed by atoms with E-state index in [2.05, 4.69) is 15.3 Å². The lowest BCUT2D eigenvalue weighted by Crippen LogP contribution is -2.39. The van der Waals surface area contributed by atoms with Gasteiger partial charge in [0.1, 0.15) is 0 Å². The van der Waals surface area contributed by atoms with Crippen molar-refractivity contribution in [3.8, 4) is 0 Å². The van der Waals surface area contributed by atoms with E-state index in [9.17, 15) is 9.59 Å². The number of aromatic amines is 1. The van der Waals surface area contributed by atoms with E-state index in [0.29, 0.717) is 24.2 Å². The number of nitrogens with one attached hydrogen (secondary N) is 2. The highest BCUT2D eigenvalue weighted by Crippen LogP contribution is 2.00. The van der Waals surface area contributed by atoms with E-state index in [1.54, 1.807) is 13.8 Å². The lowest BCUT2D eigenvalue weighted by Gasteiger charge is -2.15. The second-order valence-electron chi connectivity index (χ2n) is 4.22. The van der Waals surface area contributed by atoms with Crippen LogP contribution in [0.4, 0.5) is 0 Å². The third-order valence-electron chi connectivity index (χ3n) is 2.86. The SMILES string of the molecule is CCC(CCO)NC(=O)c1nc(C)c(C)[nH]c1=O.